The normalized spacial score (nSPS) is 27.3. The lowest BCUT2D eigenvalue weighted by molar-refractivity contribution is 0.284. The third-order valence-corrected chi connectivity index (χ3v) is 5.81. The van der Waals surface area contributed by atoms with Crippen molar-refractivity contribution in [2.24, 2.45) is 23.0 Å². The molecule has 0 aliphatic heterocycles. The minimum atomic E-state index is -1.54. The maximum Gasteiger partial charge on any atom is 0.191 e. The molecule has 2 aliphatic carbocycles. The first-order chi connectivity index (χ1) is 12.0. The Labute approximate surface area is 156 Å². The van der Waals surface area contributed by atoms with E-state index in [9.17, 15) is 15.8 Å². The monoisotopic (exact) mass is 392 g/mol. The summed E-state index contributed by atoms with van der Waals surface area (Å²) in [5.41, 5.74) is 6.90. The summed E-state index contributed by atoms with van der Waals surface area (Å²) in [6.07, 6.45) is 3.77. The molecular formula is C20H17BrN4. The van der Waals surface area contributed by atoms with E-state index in [1.54, 1.807) is 0 Å². The molecule has 0 unspecified atom stereocenters. The van der Waals surface area contributed by atoms with Crippen molar-refractivity contribution in [1.29, 1.82) is 15.8 Å². The summed E-state index contributed by atoms with van der Waals surface area (Å²) >= 11 is 3.47. The number of hydrogen-bond donors (Lipinski definition) is 1. The fraction of sp³-hybridized carbons (Fsp3) is 0.350. The van der Waals surface area contributed by atoms with Gasteiger partial charge in [0, 0.05) is 10.4 Å². The van der Waals surface area contributed by atoms with Crippen LogP contribution in [0.1, 0.15) is 31.2 Å². The number of nitrogens with zero attached hydrogens (tertiary/aromatic N) is 3. The quantitative estimate of drug-likeness (QED) is 0.770. The second-order valence-corrected chi connectivity index (χ2v) is 7.72. The van der Waals surface area contributed by atoms with Gasteiger partial charge in [-0.05, 0) is 47.9 Å². The molecule has 0 aromatic heterocycles. The molecule has 25 heavy (non-hydrogen) atoms. The molecule has 0 heterocycles. The van der Waals surface area contributed by atoms with E-state index in [1.165, 1.54) is 0 Å². The Hall–Kier alpha value is -2.55. The molecule has 0 fully saturated rings. The van der Waals surface area contributed by atoms with Gasteiger partial charge in [-0.25, -0.2) is 0 Å². The van der Waals surface area contributed by atoms with Gasteiger partial charge in [0.1, 0.15) is 6.07 Å². The minimum absolute atomic E-state index is 0.0701. The first-order valence-corrected chi connectivity index (χ1v) is 8.96. The Bertz CT molecular complexity index is 893. The fourth-order valence-electron chi connectivity index (χ4n) is 4.15. The number of nitrogens with two attached hydrogens (primary N) is 1. The summed E-state index contributed by atoms with van der Waals surface area (Å²) in [5.74, 6) is -0.0387. The van der Waals surface area contributed by atoms with Crippen LogP contribution in [0.15, 0.2) is 51.7 Å². The minimum Gasteiger partial charge on any atom is -0.399 e. The predicted octanol–water partition coefficient (Wildman–Crippen LogP) is 4.29. The van der Waals surface area contributed by atoms with Crippen LogP contribution in [0.4, 0.5) is 0 Å². The molecule has 1 aromatic rings. The van der Waals surface area contributed by atoms with Crippen LogP contribution >= 0.6 is 15.9 Å². The largest absolute Gasteiger partial charge is 0.399 e. The van der Waals surface area contributed by atoms with Crippen molar-refractivity contribution < 1.29 is 0 Å². The van der Waals surface area contributed by atoms with Crippen LogP contribution in [-0.4, -0.2) is 0 Å². The standard InChI is InChI=1S/C20H17BrN4/c1-12-5-6-15-16(7-12)18(13-3-2-4-14(21)8-13)20(10-23,11-24)19(25)17(15)9-22/h2-4,6,8,12,16,18H,5,7,25H2,1H3/t12-,16+,18-/m0/s1. The Balaban J connectivity index is 2.34. The summed E-state index contributed by atoms with van der Waals surface area (Å²) in [4.78, 5) is 0. The molecular weight excluding hydrogens is 376 g/mol. The highest BCUT2D eigenvalue weighted by molar-refractivity contribution is 9.10. The van der Waals surface area contributed by atoms with Crippen molar-refractivity contribution in [2.45, 2.75) is 25.7 Å². The molecule has 4 nitrogen and oxygen atoms in total. The molecule has 2 N–H and O–H groups in total. The highest BCUT2D eigenvalue weighted by Gasteiger charge is 2.54. The van der Waals surface area contributed by atoms with Gasteiger partial charge >= 0.3 is 0 Å². The van der Waals surface area contributed by atoms with Crippen LogP contribution in [-0.2, 0) is 0 Å². The number of hydrogen-bond acceptors (Lipinski definition) is 4. The first-order valence-electron chi connectivity index (χ1n) is 8.17. The molecule has 0 saturated carbocycles. The van der Waals surface area contributed by atoms with Crippen molar-refractivity contribution in [1.82, 2.24) is 0 Å². The third-order valence-electron chi connectivity index (χ3n) is 5.32. The number of benzene rings is 1. The summed E-state index contributed by atoms with van der Waals surface area (Å²) in [7, 11) is 0. The van der Waals surface area contributed by atoms with Crippen LogP contribution < -0.4 is 5.73 Å². The molecule has 2 aliphatic rings. The fourth-order valence-corrected chi connectivity index (χ4v) is 4.57. The molecule has 1 aromatic carbocycles. The van der Waals surface area contributed by atoms with Crippen LogP contribution in [0.2, 0.25) is 0 Å². The molecule has 0 radical (unpaired) electrons. The number of halogens is 1. The summed E-state index contributed by atoms with van der Waals surface area (Å²) < 4.78 is 0.887. The van der Waals surface area contributed by atoms with Gasteiger partial charge in [0.25, 0.3) is 0 Å². The van der Waals surface area contributed by atoms with E-state index in [1.807, 2.05) is 24.3 Å². The second-order valence-electron chi connectivity index (χ2n) is 6.81. The number of rotatable bonds is 1. The zero-order valence-corrected chi connectivity index (χ0v) is 15.4. The van der Waals surface area contributed by atoms with E-state index in [0.29, 0.717) is 11.5 Å². The van der Waals surface area contributed by atoms with Gasteiger partial charge in [0.2, 0.25) is 0 Å². The van der Waals surface area contributed by atoms with Crippen molar-refractivity contribution in [3.05, 3.63) is 57.2 Å². The van der Waals surface area contributed by atoms with Gasteiger partial charge in [-0.15, -0.1) is 0 Å². The number of fused-ring (bicyclic) bond motifs is 1. The lowest BCUT2D eigenvalue weighted by Crippen LogP contribution is -2.43. The maximum atomic E-state index is 9.96. The average molecular weight is 393 g/mol. The highest BCUT2D eigenvalue weighted by Crippen LogP contribution is 2.56. The highest BCUT2D eigenvalue weighted by atomic mass is 79.9. The Morgan fingerprint density at radius 3 is 2.56 bits per heavy atom. The van der Waals surface area contributed by atoms with Crippen LogP contribution in [0, 0.1) is 51.2 Å². The van der Waals surface area contributed by atoms with Gasteiger partial charge in [-0.3, -0.25) is 0 Å². The molecule has 0 bridgehead atoms. The summed E-state index contributed by atoms with van der Waals surface area (Å²) in [6.45, 7) is 2.15. The van der Waals surface area contributed by atoms with E-state index in [-0.39, 0.29) is 11.6 Å². The SMILES string of the molecule is C[C@H]1CC=C2C(C#N)=C(N)C(C#N)(C#N)[C@@H](c3cccc(Br)c3)[C@@H]2C1. The Morgan fingerprint density at radius 2 is 1.96 bits per heavy atom. The van der Waals surface area contributed by atoms with Crippen molar-refractivity contribution in [3.8, 4) is 18.2 Å². The van der Waals surface area contributed by atoms with Gasteiger partial charge in [0.15, 0.2) is 5.41 Å². The van der Waals surface area contributed by atoms with Crippen LogP contribution in [0.5, 0.6) is 0 Å². The number of allylic oxidation sites excluding steroid dienone is 4. The maximum absolute atomic E-state index is 9.96. The van der Waals surface area contributed by atoms with E-state index < -0.39 is 11.3 Å². The summed E-state index contributed by atoms with van der Waals surface area (Å²) in [6, 6.07) is 14.1. The number of nitriles is 3. The smallest absolute Gasteiger partial charge is 0.191 e. The van der Waals surface area contributed by atoms with Crippen molar-refractivity contribution in [2.75, 3.05) is 0 Å². The lowest BCUT2D eigenvalue weighted by Gasteiger charge is -2.44. The van der Waals surface area contributed by atoms with Gasteiger partial charge < -0.3 is 5.73 Å². The van der Waals surface area contributed by atoms with Crippen LogP contribution in [0.25, 0.3) is 0 Å². The summed E-state index contributed by atoms with van der Waals surface area (Å²) in [5, 5.41) is 29.5. The molecule has 3 rings (SSSR count). The molecule has 0 amide bonds. The molecule has 124 valence electrons. The second kappa shape index (κ2) is 6.40. The Kier molecular flexibility index (Phi) is 4.42. The molecule has 3 atom stereocenters. The van der Waals surface area contributed by atoms with E-state index >= 15 is 0 Å². The van der Waals surface area contributed by atoms with Crippen molar-refractivity contribution in [3.63, 3.8) is 0 Å². The first kappa shape index (κ1) is 17.3. The van der Waals surface area contributed by atoms with E-state index in [0.717, 1.165) is 28.5 Å². The van der Waals surface area contributed by atoms with Gasteiger partial charge in [-0.1, -0.05) is 41.1 Å². The predicted molar refractivity (Wildman–Crippen MR) is 97.3 cm³/mol. The van der Waals surface area contributed by atoms with Crippen molar-refractivity contribution >= 4 is 15.9 Å². The molecule has 0 saturated heterocycles. The van der Waals surface area contributed by atoms with Gasteiger partial charge in [-0.2, -0.15) is 15.8 Å². The zero-order valence-electron chi connectivity index (χ0n) is 13.8. The Morgan fingerprint density at radius 1 is 1.24 bits per heavy atom. The van der Waals surface area contributed by atoms with E-state index in [2.05, 4.69) is 47.1 Å². The third kappa shape index (κ3) is 2.55. The molecule has 0 spiro atoms. The topological polar surface area (TPSA) is 97.4 Å². The lowest BCUT2D eigenvalue weighted by atomic mass is 9.56. The van der Waals surface area contributed by atoms with E-state index in [4.69, 9.17) is 5.73 Å². The molecule has 5 heteroatoms. The van der Waals surface area contributed by atoms with Gasteiger partial charge in [0.05, 0.1) is 23.4 Å². The zero-order chi connectivity index (χ0) is 18.2. The van der Waals surface area contributed by atoms with Crippen LogP contribution in [0.3, 0.4) is 0 Å². The average Bonchev–Trinajstić information content (AvgIpc) is 2.61.